The number of hydrogen-bond donors (Lipinski definition) is 1. The molecular weight excluding hydrogens is 164 g/mol. The molecule has 2 nitrogen and oxygen atoms in total. The van der Waals surface area contributed by atoms with Crippen LogP contribution in [0.15, 0.2) is 24.3 Å². The molecule has 0 amide bonds. The monoisotopic (exact) mass is 180 g/mol. The van der Waals surface area contributed by atoms with Gasteiger partial charge in [0.2, 0.25) is 0 Å². The first-order valence-electron chi connectivity index (χ1n) is 4.51. The third-order valence-electron chi connectivity index (χ3n) is 2.02. The van der Waals surface area contributed by atoms with E-state index in [-0.39, 0.29) is 6.10 Å². The lowest BCUT2D eigenvalue weighted by molar-refractivity contribution is 0.0604. The van der Waals surface area contributed by atoms with Crippen LogP contribution in [0.1, 0.15) is 19.4 Å². The molecule has 0 radical (unpaired) electrons. The summed E-state index contributed by atoms with van der Waals surface area (Å²) in [5, 5.41) is 9.21. The van der Waals surface area contributed by atoms with Crippen molar-refractivity contribution in [2.24, 2.45) is 0 Å². The standard InChI is InChI=1S/C11H16O2/c1-8-4-6-11(7-5-8)13-10(3)9(2)12/h4-7,9-10,12H,1-3H3. The van der Waals surface area contributed by atoms with Crippen molar-refractivity contribution >= 4 is 0 Å². The molecule has 1 rings (SSSR count). The topological polar surface area (TPSA) is 29.5 Å². The first-order valence-corrected chi connectivity index (χ1v) is 4.51. The van der Waals surface area contributed by atoms with Crippen molar-refractivity contribution in [2.75, 3.05) is 0 Å². The third-order valence-corrected chi connectivity index (χ3v) is 2.02. The van der Waals surface area contributed by atoms with Gasteiger partial charge in [-0.3, -0.25) is 0 Å². The highest BCUT2D eigenvalue weighted by Gasteiger charge is 2.09. The second-order valence-corrected chi connectivity index (χ2v) is 3.38. The third kappa shape index (κ3) is 3.07. The minimum Gasteiger partial charge on any atom is -0.488 e. The van der Waals surface area contributed by atoms with Crippen molar-refractivity contribution in [2.45, 2.75) is 33.0 Å². The highest BCUT2D eigenvalue weighted by Crippen LogP contribution is 2.14. The van der Waals surface area contributed by atoms with E-state index >= 15 is 0 Å². The van der Waals surface area contributed by atoms with E-state index in [0.29, 0.717) is 0 Å². The molecule has 2 heteroatoms. The molecule has 13 heavy (non-hydrogen) atoms. The van der Waals surface area contributed by atoms with Gasteiger partial charge in [-0.1, -0.05) is 17.7 Å². The summed E-state index contributed by atoms with van der Waals surface area (Å²) in [4.78, 5) is 0. The Kier molecular flexibility index (Phi) is 3.32. The summed E-state index contributed by atoms with van der Waals surface area (Å²) in [5.41, 5.74) is 1.21. The zero-order valence-corrected chi connectivity index (χ0v) is 8.32. The molecule has 1 aromatic rings. The maximum atomic E-state index is 9.21. The number of rotatable bonds is 3. The molecule has 0 heterocycles. The Morgan fingerprint density at radius 2 is 1.69 bits per heavy atom. The van der Waals surface area contributed by atoms with Crippen molar-refractivity contribution in [3.05, 3.63) is 29.8 Å². The zero-order chi connectivity index (χ0) is 9.84. The van der Waals surface area contributed by atoms with E-state index in [1.165, 1.54) is 5.56 Å². The summed E-state index contributed by atoms with van der Waals surface area (Å²) >= 11 is 0. The number of aliphatic hydroxyl groups excluding tert-OH is 1. The molecule has 1 N–H and O–H groups in total. The Labute approximate surface area is 79.2 Å². The van der Waals surface area contributed by atoms with Crippen LogP contribution in [0.25, 0.3) is 0 Å². The van der Waals surface area contributed by atoms with Gasteiger partial charge >= 0.3 is 0 Å². The Hall–Kier alpha value is -1.02. The largest absolute Gasteiger partial charge is 0.488 e. The summed E-state index contributed by atoms with van der Waals surface area (Å²) in [6.45, 7) is 5.60. The highest BCUT2D eigenvalue weighted by molar-refractivity contribution is 5.26. The lowest BCUT2D eigenvalue weighted by Crippen LogP contribution is -2.25. The van der Waals surface area contributed by atoms with E-state index in [2.05, 4.69) is 0 Å². The Morgan fingerprint density at radius 3 is 2.15 bits per heavy atom. The highest BCUT2D eigenvalue weighted by atomic mass is 16.5. The van der Waals surface area contributed by atoms with Crippen LogP contribution < -0.4 is 4.74 Å². The predicted molar refractivity (Wildman–Crippen MR) is 52.9 cm³/mol. The van der Waals surface area contributed by atoms with Crippen LogP contribution in [0.4, 0.5) is 0 Å². The second kappa shape index (κ2) is 4.28. The molecule has 0 saturated heterocycles. The van der Waals surface area contributed by atoms with Crippen LogP contribution in [0, 0.1) is 6.92 Å². The van der Waals surface area contributed by atoms with Crippen LogP contribution >= 0.6 is 0 Å². The first-order chi connectivity index (χ1) is 6.09. The van der Waals surface area contributed by atoms with E-state index in [0.717, 1.165) is 5.75 Å². The van der Waals surface area contributed by atoms with Gasteiger partial charge in [0.1, 0.15) is 11.9 Å². The van der Waals surface area contributed by atoms with Crippen molar-refractivity contribution in [3.8, 4) is 5.75 Å². The summed E-state index contributed by atoms with van der Waals surface area (Å²) < 4.78 is 5.48. The number of aliphatic hydroxyl groups is 1. The molecule has 2 unspecified atom stereocenters. The fourth-order valence-electron chi connectivity index (χ4n) is 0.930. The zero-order valence-electron chi connectivity index (χ0n) is 8.32. The molecule has 0 bridgehead atoms. The SMILES string of the molecule is Cc1ccc(OC(C)C(C)O)cc1. The summed E-state index contributed by atoms with van der Waals surface area (Å²) in [6, 6.07) is 7.80. The average molecular weight is 180 g/mol. The van der Waals surface area contributed by atoms with Crippen molar-refractivity contribution in [1.82, 2.24) is 0 Å². The molecule has 0 saturated carbocycles. The van der Waals surface area contributed by atoms with Crippen molar-refractivity contribution in [3.63, 3.8) is 0 Å². The lowest BCUT2D eigenvalue weighted by Gasteiger charge is -2.17. The van der Waals surface area contributed by atoms with Crippen LogP contribution in [0.2, 0.25) is 0 Å². The maximum absolute atomic E-state index is 9.21. The fraction of sp³-hybridized carbons (Fsp3) is 0.455. The van der Waals surface area contributed by atoms with Crippen LogP contribution in [-0.4, -0.2) is 17.3 Å². The Bertz CT molecular complexity index is 251. The van der Waals surface area contributed by atoms with E-state index in [9.17, 15) is 5.11 Å². The van der Waals surface area contributed by atoms with Crippen LogP contribution in [0.3, 0.4) is 0 Å². The van der Waals surface area contributed by atoms with Gasteiger partial charge in [0, 0.05) is 0 Å². The minimum atomic E-state index is -0.443. The first kappa shape index (κ1) is 10.1. The van der Waals surface area contributed by atoms with Gasteiger partial charge in [0.05, 0.1) is 6.10 Å². The number of hydrogen-bond acceptors (Lipinski definition) is 2. The van der Waals surface area contributed by atoms with Crippen molar-refractivity contribution in [1.29, 1.82) is 0 Å². The quantitative estimate of drug-likeness (QED) is 0.772. The van der Waals surface area contributed by atoms with E-state index < -0.39 is 6.10 Å². The Morgan fingerprint density at radius 1 is 1.15 bits per heavy atom. The molecule has 0 fully saturated rings. The fourth-order valence-corrected chi connectivity index (χ4v) is 0.930. The predicted octanol–water partition coefficient (Wildman–Crippen LogP) is 2.14. The Balaban J connectivity index is 2.59. The van der Waals surface area contributed by atoms with Gasteiger partial charge < -0.3 is 9.84 Å². The number of aryl methyl sites for hydroxylation is 1. The molecule has 72 valence electrons. The van der Waals surface area contributed by atoms with Crippen molar-refractivity contribution < 1.29 is 9.84 Å². The van der Waals surface area contributed by atoms with Crippen LogP contribution in [0.5, 0.6) is 5.75 Å². The van der Waals surface area contributed by atoms with E-state index in [1.54, 1.807) is 6.92 Å². The molecule has 0 aliphatic carbocycles. The normalized spacial score (nSPS) is 15.1. The second-order valence-electron chi connectivity index (χ2n) is 3.38. The lowest BCUT2D eigenvalue weighted by atomic mass is 10.2. The van der Waals surface area contributed by atoms with Gasteiger partial charge in [-0.15, -0.1) is 0 Å². The average Bonchev–Trinajstić information content (AvgIpc) is 2.08. The van der Waals surface area contributed by atoms with Gasteiger partial charge in [0.15, 0.2) is 0 Å². The van der Waals surface area contributed by atoms with Gasteiger partial charge in [-0.25, -0.2) is 0 Å². The summed E-state index contributed by atoms with van der Waals surface area (Å²) in [5.74, 6) is 0.805. The van der Waals surface area contributed by atoms with Gasteiger partial charge in [0.25, 0.3) is 0 Å². The number of ether oxygens (including phenoxy) is 1. The van der Waals surface area contributed by atoms with E-state index in [1.807, 2.05) is 38.1 Å². The minimum absolute atomic E-state index is 0.164. The molecule has 0 aromatic heterocycles. The van der Waals surface area contributed by atoms with Gasteiger partial charge in [-0.05, 0) is 32.9 Å². The number of benzene rings is 1. The molecule has 2 atom stereocenters. The van der Waals surface area contributed by atoms with E-state index in [4.69, 9.17) is 4.74 Å². The smallest absolute Gasteiger partial charge is 0.121 e. The van der Waals surface area contributed by atoms with Gasteiger partial charge in [-0.2, -0.15) is 0 Å². The molecule has 0 aliphatic rings. The molecule has 0 spiro atoms. The summed E-state index contributed by atoms with van der Waals surface area (Å²) in [7, 11) is 0. The molecule has 1 aromatic carbocycles. The molecular formula is C11H16O2. The van der Waals surface area contributed by atoms with Crippen LogP contribution in [-0.2, 0) is 0 Å². The summed E-state index contributed by atoms with van der Waals surface area (Å²) in [6.07, 6.45) is -0.607. The maximum Gasteiger partial charge on any atom is 0.121 e. The molecule has 0 aliphatic heterocycles.